The van der Waals surface area contributed by atoms with Crippen molar-refractivity contribution in [1.29, 1.82) is 0 Å². The second-order valence-corrected chi connectivity index (χ2v) is 7.88. The number of amides is 1. The van der Waals surface area contributed by atoms with Crippen LogP contribution in [0.15, 0.2) is 53.2 Å². The molecule has 3 rings (SSSR count). The summed E-state index contributed by atoms with van der Waals surface area (Å²) in [5, 5.41) is 1.09. The summed E-state index contributed by atoms with van der Waals surface area (Å²) in [5.74, 6) is -0.466. The summed E-state index contributed by atoms with van der Waals surface area (Å²) in [6.45, 7) is -1.53. The fraction of sp³-hybridized carbons (Fsp3) is 0.150. The molecule has 0 atom stereocenters. The molecule has 0 aromatic heterocycles. The van der Waals surface area contributed by atoms with Crippen LogP contribution in [0.2, 0.25) is 10.0 Å². The van der Waals surface area contributed by atoms with E-state index in [9.17, 15) is 18.4 Å². The molecule has 30 heavy (non-hydrogen) atoms. The third-order valence-electron chi connectivity index (χ3n) is 3.81. The summed E-state index contributed by atoms with van der Waals surface area (Å²) >= 11 is 13.2. The Kier molecular flexibility index (Phi) is 7.12. The molecule has 0 N–H and O–H groups in total. The molecule has 0 bridgehead atoms. The number of hydrogen-bond acceptors (Lipinski definition) is 5. The van der Waals surface area contributed by atoms with Gasteiger partial charge in [-0.05, 0) is 55.0 Å². The molecule has 5 nitrogen and oxygen atoms in total. The molecule has 1 aliphatic heterocycles. The van der Waals surface area contributed by atoms with Gasteiger partial charge in [-0.1, -0.05) is 41.0 Å². The lowest BCUT2D eigenvalue weighted by Gasteiger charge is -2.18. The maximum atomic E-state index is 13.0. The fourth-order valence-corrected chi connectivity index (χ4v) is 3.81. The number of Topliss-reactive ketones (excluding diaryl/α,β-unsaturated/α-hetero) is 1. The highest BCUT2D eigenvalue weighted by Gasteiger charge is 2.32. The molecule has 0 spiro atoms. The Bertz CT molecular complexity index is 1040. The number of benzene rings is 2. The smallest absolute Gasteiger partial charge is 0.387 e. The molecule has 0 radical (unpaired) electrons. The zero-order valence-electron chi connectivity index (χ0n) is 15.4. The number of nitrogens with zero attached hydrogens (tertiary/aromatic N) is 2. The maximum absolute atomic E-state index is 13.0. The molecule has 0 saturated heterocycles. The summed E-state index contributed by atoms with van der Waals surface area (Å²) in [5.41, 5.74) is 1.05. The number of aliphatic imine (C=N–C) groups is 1. The summed E-state index contributed by atoms with van der Waals surface area (Å²) in [6.07, 6.45) is 1.52. The zero-order chi connectivity index (χ0) is 21.8. The Morgan fingerprint density at radius 2 is 1.93 bits per heavy atom. The first kappa shape index (κ1) is 22.3. The third kappa shape index (κ3) is 5.38. The molecule has 10 heteroatoms. The zero-order valence-corrected chi connectivity index (χ0v) is 17.8. The second kappa shape index (κ2) is 9.59. The number of ketones is 1. The Labute approximate surface area is 185 Å². The predicted octanol–water partition coefficient (Wildman–Crippen LogP) is 5.66. The molecule has 2 aromatic rings. The number of rotatable bonds is 6. The number of amidine groups is 1. The van der Waals surface area contributed by atoms with Gasteiger partial charge in [-0.25, -0.2) is 4.99 Å². The van der Waals surface area contributed by atoms with Gasteiger partial charge in [0.2, 0.25) is 0 Å². The number of halogens is 4. The third-order valence-corrected chi connectivity index (χ3v) is 5.45. The molecule has 2 aromatic carbocycles. The normalized spacial score (nSPS) is 15.1. The van der Waals surface area contributed by atoms with Gasteiger partial charge >= 0.3 is 6.61 Å². The molecule has 1 aliphatic rings. The Balaban J connectivity index is 1.95. The van der Waals surface area contributed by atoms with Gasteiger partial charge in [0.25, 0.3) is 5.91 Å². The van der Waals surface area contributed by atoms with Crippen LogP contribution in [0.25, 0.3) is 6.08 Å². The van der Waals surface area contributed by atoms with Crippen molar-refractivity contribution < 1.29 is 23.1 Å². The number of hydrogen-bond donors (Lipinski definition) is 0. The molecule has 156 valence electrons. The maximum Gasteiger partial charge on any atom is 0.387 e. The Morgan fingerprint density at radius 3 is 2.53 bits per heavy atom. The number of anilines is 1. The van der Waals surface area contributed by atoms with Crippen LogP contribution in [0.3, 0.4) is 0 Å². The number of alkyl halides is 2. The van der Waals surface area contributed by atoms with E-state index in [2.05, 4.69) is 9.73 Å². The van der Waals surface area contributed by atoms with E-state index in [-0.39, 0.29) is 28.2 Å². The van der Waals surface area contributed by atoms with E-state index in [1.807, 2.05) is 0 Å². The first-order valence-corrected chi connectivity index (χ1v) is 10.3. The van der Waals surface area contributed by atoms with E-state index in [1.165, 1.54) is 42.2 Å². The molecular formula is C20H14Cl2F2N2O3S. The van der Waals surface area contributed by atoms with Crippen molar-refractivity contribution in [2.45, 2.75) is 13.5 Å². The number of thioether (sulfide) groups is 1. The lowest BCUT2D eigenvalue weighted by molar-refractivity contribution is -0.115. The number of carbonyl (C=O) groups excluding carboxylic acids is 2. The molecule has 1 amide bonds. The summed E-state index contributed by atoms with van der Waals surface area (Å²) in [4.78, 5) is 30.1. The van der Waals surface area contributed by atoms with Gasteiger partial charge in [-0.15, -0.1) is 0 Å². The first-order valence-electron chi connectivity index (χ1n) is 8.51. The Hall–Kier alpha value is -2.42. The van der Waals surface area contributed by atoms with Crippen LogP contribution < -0.4 is 9.64 Å². The average Bonchev–Trinajstić information content (AvgIpc) is 2.98. The molecule has 0 fully saturated rings. The second-order valence-electron chi connectivity index (χ2n) is 6.09. The van der Waals surface area contributed by atoms with Gasteiger partial charge in [0.05, 0.1) is 11.4 Å². The number of carbonyl (C=O) groups is 2. The topological polar surface area (TPSA) is 59.0 Å². The van der Waals surface area contributed by atoms with Gasteiger partial charge in [0, 0.05) is 10.0 Å². The monoisotopic (exact) mass is 470 g/mol. The van der Waals surface area contributed by atoms with Crippen LogP contribution in [0.5, 0.6) is 5.75 Å². The van der Waals surface area contributed by atoms with Crippen molar-refractivity contribution in [3.63, 3.8) is 0 Å². The van der Waals surface area contributed by atoms with Crippen LogP contribution in [0, 0.1) is 0 Å². The van der Waals surface area contributed by atoms with E-state index >= 15 is 0 Å². The van der Waals surface area contributed by atoms with E-state index in [4.69, 9.17) is 23.2 Å². The minimum absolute atomic E-state index is 0.0426. The largest absolute Gasteiger partial charge is 0.435 e. The van der Waals surface area contributed by atoms with Gasteiger partial charge in [-0.2, -0.15) is 8.78 Å². The summed E-state index contributed by atoms with van der Waals surface area (Å²) < 4.78 is 29.1. The molecule has 1 heterocycles. The molecule has 0 aliphatic carbocycles. The predicted molar refractivity (Wildman–Crippen MR) is 116 cm³/mol. The van der Waals surface area contributed by atoms with E-state index in [0.29, 0.717) is 21.3 Å². The first-order chi connectivity index (χ1) is 14.2. The van der Waals surface area contributed by atoms with Crippen molar-refractivity contribution in [3.8, 4) is 5.75 Å². The SMILES string of the molecule is CC(=O)CSC1=NC(=Cc2ccc(Cl)cc2Cl)C(=O)N1c1ccc(OC(F)F)cc1. The van der Waals surface area contributed by atoms with Crippen LogP contribution in [0.4, 0.5) is 14.5 Å². The fourth-order valence-electron chi connectivity index (χ4n) is 2.53. The standard InChI is InChI=1S/C20H14Cl2F2N2O3S/c1-11(27)10-30-20-25-17(8-12-2-3-13(21)9-16(12)22)18(28)26(20)14-4-6-15(7-5-14)29-19(23)24/h2-9,19H,10H2,1H3. The van der Waals surface area contributed by atoms with Crippen molar-refractivity contribution >= 4 is 63.6 Å². The highest BCUT2D eigenvalue weighted by atomic mass is 35.5. The lowest BCUT2D eigenvalue weighted by atomic mass is 10.2. The van der Waals surface area contributed by atoms with Crippen molar-refractivity contribution in [2.24, 2.45) is 4.99 Å². The van der Waals surface area contributed by atoms with Gasteiger partial charge in [0.15, 0.2) is 5.17 Å². The van der Waals surface area contributed by atoms with Crippen molar-refractivity contribution in [2.75, 3.05) is 10.7 Å². The van der Waals surface area contributed by atoms with Gasteiger partial charge in [-0.3, -0.25) is 14.5 Å². The van der Waals surface area contributed by atoms with Crippen LogP contribution in [0.1, 0.15) is 12.5 Å². The minimum atomic E-state index is -2.95. The average molecular weight is 471 g/mol. The minimum Gasteiger partial charge on any atom is -0.435 e. The van der Waals surface area contributed by atoms with Crippen LogP contribution >= 0.6 is 35.0 Å². The van der Waals surface area contributed by atoms with Crippen LogP contribution in [-0.4, -0.2) is 29.2 Å². The Morgan fingerprint density at radius 1 is 1.23 bits per heavy atom. The van der Waals surface area contributed by atoms with Gasteiger partial charge < -0.3 is 4.74 Å². The summed E-state index contributed by atoms with van der Waals surface area (Å²) in [7, 11) is 0. The van der Waals surface area contributed by atoms with Gasteiger partial charge in [0.1, 0.15) is 17.2 Å². The van der Waals surface area contributed by atoms with Crippen LogP contribution in [-0.2, 0) is 9.59 Å². The van der Waals surface area contributed by atoms with E-state index in [1.54, 1.807) is 18.2 Å². The molecule has 0 saturated carbocycles. The summed E-state index contributed by atoms with van der Waals surface area (Å²) in [6, 6.07) is 10.4. The van der Waals surface area contributed by atoms with Crippen molar-refractivity contribution in [1.82, 2.24) is 0 Å². The highest BCUT2D eigenvalue weighted by molar-refractivity contribution is 8.14. The molecular weight excluding hydrogens is 457 g/mol. The molecule has 0 unspecified atom stereocenters. The lowest BCUT2D eigenvalue weighted by Crippen LogP contribution is -2.30. The number of ether oxygens (including phenoxy) is 1. The quantitative estimate of drug-likeness (QED) is 0.511. The van der Waals surface area contributed by atoms with Crippen molar-refractivity contribution in [3.05, 3.63) is 63.8 Å². The van der Waals surface area contributed by atoms with E-state index in [0.717, 1.165) is 11.8 Å². The highest BCUT2D eigenvalue weighted by Crippen LogP contribution is 2.32. The van der Waals surface area contributed by atoms with E-state index < -0.39 is 12.5 Å².